The Morgan fingerprint density at radius 1 is 1.17 bits per heavy atom. The first kappa shape index (κ1) is 11.4. The third kappa shape index (κ3) is 2.02. The first-order valence-electron chi connectivity index (χ1n) is 6.41. The van der Waals surface area contributed by atoms with Crippen molar-refractivity contribution in [2.24, 2.45) is 0 Å². The van der Waals surface area contributed by atoms with Gasteiger partial charge in [-0.15, -0.1) is 0 Å². The van der Waals surface area contributed by atoms with Crippen LogP contribution in [0.1, 0.15) is 18.4 Å². The monoisotopic (exact) mass is 243 g/mol. The van der Waals surface area contributed by atoms with Crippen molar-refractivity contribution in [2.45, 2.75) is 25.3 Å². The van der Waals surface area contributed by atoms with E-state index in [4.69, 9.17) is 0 Å². The van der Waals surface area contributed by atoms with Gasteiger partial charge >= 0.3 is 0 Å². The van der Waals surface area contributed by atoms with Crippen molar-refractivity contribution in [3.8, 4) is 11.5 Å². The molecule has 3 heteroatoms. The van der Waals surface area contributed by atoms with Crippen molar-refractivity contribution in [1.82, 2.24) is 5.32 Å². The Hall–Kier alpha value is -1.74. The van der Waals surface area contributed by atoms with Gasteiger partial charge in [0, 0.05) is 11.6 Å². The summed E-state index contributed by atoms with van der Waals surface area (Å²) in [6, 6.07) is 9.36. The molecule has 1 heterocycles. The normalized spacial score (nSPS) is 19.4. The van der Waals surface area contributed by atoms with E-state index in [1.807, 2.05) is 12.1 Å². The van der Waals surface area contributed by atoms with Crippen LogP contribution < -0.4 is 5.32 Å². The lowest BCUT2D eigenvalue weighted by molar-refractivity contribution is 0.463. The van der Waals surface area contributed by atoms with Gasteiger partial charge in [-0.3, -0.25) is 0 Å². The van der Waals surface area contributed by atoms with Crippen molar-refractivity contribution < 1.29 is 10.2 Å². The van der Waals surface area contributed by atoms with E-state index in [1.165, 1.54) is 6.42 Å². The van der Waals surface area contributed by atoms with Crippen molar-refractivity contribution in [1.29, 1.82) is 0 Å². The van der Waals surface area contributed by atoms with Crippen LogP contribution in [0.15, 0.2) is 30.3 Å². The molecule has 0 amide bonds. The van der Waals surface area contributed by atoms with Gasteiger partial charge in [-0.05, 0) is 54.8 Å². The van der Waals surface area contributed by atoms with E-state index in [0.29, 0.717) is 11.8 Å². The lowest BCUT2D eigenvalue weighted by Crippen LogP contribution is -2.23. The molecule has 0 aliphatic carbocycles. The summed E-state index contributed by atoms with van der Waals surface area (Å²) >= 11 is 0. The first-order chi connectivity index (χ1) is 8.74. The Kier molecular flexibility index (Phi) is 2.84. The highest BCUT2D eigenvalue weighted by atomic mass is 16.3. The molecule has 1 unspecified atom stereocenters. The molecule has 3 nitrogen and oxygen atoms in total. The molecule has 1 fully saturated rings. The van der Waals surface area contributed by atoms with Gasteiger partial charge in [-0.25, -0.2) is 0 Å². The predicted molar refractivity (Wildman–Crippen MR) is 72.0 cm³/mol. The lowest BCUT2D eigenvalue weighted by atomic mass is 9.97. The van der Waals surface area contributed by atoms with Gasteiger partial charge in [0.05, 0.1) is 0 Å². The van der Waals surface area contributed by atoms with Gasteiger partial charge in [0.15, 0.2) is 0 Å². The maximum Gasteiger partial charge on any atom is 0.119 e. The molecular weight excluding hydrogens is 226 g/mol. The Morgan fingerprint density at radius 3 is 2.78 bits per heavy atom. The number of nitrogens with one attached hydrogen (secondary N) is 1. The number of fused-ring (bicyclic) bond motifs is 1. The molecule has 0 bridgehead atoms. The number of phenolic OH excluding ortho intramolecular Hbond substituents is 2. The molecule has 3 rings (SSSR count). The molecule has 0 aromatic heterocycles. The summed E-state index contributed by atoms with van der Waals surface area (Å²) in [7, 11) is 0. The predicted octanol–water partition coefficient (Wildman–Crippen LogP) is 2.55. The maximum atomic E-state index is 10.1. The van der Waals surface area contributed by atoms with Gasteiger partial charge in [0.25, 0.3) is 0 Å². The highest BCUT2D eigenvalue weighted by Gasteiger charge is 2.18. The number of aromatic hydroxyl groups is 2. The van der Waals surface area contributed by atoms with E-state index < -0.39 is 0 Å². The zero-order chi connectivity index (χ0) is 12.5. The molecule has 2 aromatic carbocycles. The number of hydrogen-bond acceptors (Lipinski definition) is 3. The molecule has 3 N–H and O–H groups in total. The van der Waals surface area contributed by atoms with Crippen LogP contribution in [-0.2, 0) is 6.42 Å². The van der Waals surface area contributed by atoms with Crippen molar-refractivity contribution in [3.05, 3.63) is 35.9 Å². The summed E-state index contributed by atoms with van der Waals surface area (Å²) in [5, 5.41) is 25.1. The largest absolute Gasteiger partial charge is 0.508 e. The second-order valence-electron chi connectivity index (χ2n) is 4.97. The van der Waals surface area contributed by atoms with E-state index in [-0.39, 0.29) is 5.75 Å². The molecule has 2 aromatic rings. The van der Waals surface area contributed by atoms with E-state index in [1.54, 1.807) is 18.2 Å². The van der Waals surface area contributed by atoms with Crippen LogP contribution in [0.2, 0.25) is 0 Å². The maximum absolute atomic E-state index is 10.1. The first-order valence-corrected chi connectivity index (χ1v) is 6.41. The summed E-state index contributed by atoms with van der Waals surface area (Å²) in [4.78, 5) is 0. The number of phenols is 2. The van der Waals surface area contributed by atoms with E-state index in [9.17, 15) is 10.2 Å². The number of benzene rings is 2. The Balaban J connectivity index is 2.07. The third-order valence-corrected chi connectivity index (χ3v) is 3.70. The van der Waals surface area contributed by atoms with Gasteiger partial charge in [0.1, 0.15) is 11.5 Å². The number of rotatable bonds is 2. The van der Waals surface area contributed by atoms with Crippen molar-refractivity contribution >= 4 is 10.8 Å². The molecule has 1 atom stereocenters. The van der Waals surface area contributed by atoms with Crippen molar-refractivity contribution in [2.75, 3.05) is 6.54 Å². The molecule has 1 aliphatic heterocycles. The fraction of sp³-hybridized carbons (Fsp3) is 0.333. The molecule has 0 spiro atoms. The minimum Gasteiger partial charge on any atom is -0.508 e. The minimum atomic E-state index is 0.244. The molecule has 0 saturated carbocycles. The zero-order valence-electron chi connectivity index (χ0n) is 10.2. The van der Waals surface area contributed by atoms with Gasteiger partial charge in [-0.1, -0.05) is 12.1 Å². The van der Waals surface area contributed by atoms with Crippen LogP contribution in [-0.4, -0.2) is 22.8 Å². The molecule has 1 saturated heterocycles. The number of hydrogen-bond donors (Lipinski definition) is 3. The second kappa shape index (κ2) is 4.50. The zero-order valence-corrected chi connectivity index (χ0v) is 10.2. The van der Waals surface area contributed by atoms with Crippen LogP contribution >= 0.6 is 0 Å². The summed E-state index contributed by atoms with van der Waals surface area (Å²) < 4.78 is 0. The highest BCUT2D eigenvalue weighted by Crippen LogP contribution is 2.31. The average Bonchev–Trinajstić information content (AvgIpc) is 2.86. The SMILES string of the molecule is Oc1ccc2ccc(O)c(CC3CCCN3)c2c1. The quantitative estimate of drug-likeness (QED) is 0.759. The molecule has 1 aliphatic rings. The Morgan fingerprint density at radius 2 is 2.00 bits per heavy atom. The highest BCUT2D eigenvalue weighted by molar-refractivity contribution is 5.89. The lowest BCUT2D eigenvalue weighted by Gasteiger charge is -2.14. The van der Waals surface area contributed by atoms with Crippen LogP contribution in [0.4, 0.5) is 0 Å². The standard InChI is InChI=1S/C15H17NO2/c17-12-5-3-10-4-6-15(18)14(13(10)9-12)8-11-2-1-7-16-11/h3-6,9,11,16-18H,1-2,7-8H2. The minimum absolute atomic E-state index is 0.244. The Bertz CT molecular complexity index is 569. The fourth-order valence-corrected chi connectivity index (χ4v) is 2.75. The smallest absolute Gasteiger partial charge is 0.119 e. The van der Waals surface area contributed by atoms with Crippen LogP contribution in [0.5, 0.6) is 11.5 Å². The van der Waals surface area contributed by atoms with E-state index in [2.05, 4.69) is 5.32 Å². The summed E-state index contributed by atoms with van der Waals surface area (Å²) in [6.45, 7) is 1.06. The van der Waals surface area contributed by atoms with Gasteiger partial charge in [0.2, 0.25) is 0 Å². The average molecular weight is 243 g/mol. The summed E-state index contributed by atoms with van der Waals surface area (Å²) in [6.07, 6.45) is 3.16. The van der Waals surface area contributed by atoms with Crippen LogP contribution in [0, 0.1) is 0 Å². The van der Waals surface area contributed by atoms with Gasteiger partial charge < -0.3 is 15.5 Å². The van der Waals surface area contributed by atoms with Crippen LogP contribution in [0.25, 0.3) is 10.8 Å². The topological polar surface area (TPSA) is 52.5 Å². The van der Waals surface area contributed by atoms with Gasteiger partial charge in [-0.2, -0.15) is 0 Å². The fourth-order valence-electron chi connectivity index (χ4n) is 2.75. The van der Waals surface area contributed by atoms with Crippen LogP contribution in [0.3, 0.4) is 0 Å². The summed E-state index contributed by atoms with van der Waals surface area (Å²) in [5.74, 6) is 0.565. The van der Waals surface area contributed by atoms with E-state index >= 15 is 0 Å². The molecule has 18 heavy (non-hydrogen) atoms. The van der Waals surface area contributed by atoms with E-state index in [0.717, 1.165) is 35.7 Å². The molecule has 0 radical (unpaired) electrons. The Labute approximate surface area is 106 Å². The summed E-state index contributed by atoms with van der Waals surface area (Å²) in [5.41, 5.74) is 0.933. The van der Waals surface area contributed by atoms with Crippen molar-refractivity contribution in [3.63, 3.8) is 0 Å². The third-order valence-electron chi connectivity index (χ3n) is 3.70. The molecular formula is C15H17NO2. The molecule has 94 valence electrons. The second-order valence-corrected chi connectivity index (χ2v) is 4.97.